The predicted octanol–water partition coefficient (Wildman–Crippen LogP) is -1.43. The number of imidazole rings is 2. The summed E-state index contributed by atoms with van der Waals surface area (Å²) in [6, 6.07) is 0. The average Bonchev–Trinajstić information content (AvgIpc) is 3.81. The van der Waals surface area contributed by atoms with Crippen molar-refractivity contribution in [2.75, 3.05) is 24.7 Å². The zero-order valence-corrected chi connectivity index (χ0v) is 25.2. The topological polar surface area (TPSA) is 302 Å². The molecule has 22 nitrogen and oxygen atoms in total. The van der Waals surface area contributed by atoms with Crippen molar-refractivity contribution in [3.05, 3.63) is 29.3 Å². The number of hydrogen-bond acceptors (Lipinski definition) is 18. The first-order valence-electron chi connectivity index (χ1n) is 13.7. The quantitative estimate of drug-likeness (QED) is 0.132. The molecule has 4 aromatic heterocycles. The Hall–Kier alpha value is -3.24. The van der Waals surface area contributed by atoms with E-state index in [1.165, 1.54) is 35.0 Å². The lowest BCUT2D eigenvalue weighted by Crippen LogP contribution is -2.37. The van der Waals surface area contributed by atoms with Crippen molar-refractivity contribution in [3.8, 4) is 0 Å². The molecule has 4 aliphatic rings. The van der Waals surface area contributed by atoms with Crippen LogP contribution in [0.2, 0.25) is 0 Å². The molecule has 8 N–H and O–H groups in total. The highest BCUT2D eigenvalue weighted by Gasteiger charge is 2.65. The lowest BCUT2D eigenvalue weighted by atomic mass is 10.1. The third-order valence-electron chi connectivity index (χ3n) is 8.18. The summed E-state index contributed by atoms with van der Waals surface area (Å²) in [7, 11) is -7.52. The van der Waals surface area contributed by atoms with Crippen LogP contribution in [0.4, 0.5) is 11.8 Å². The van der Waals surface area contributed by atoms with E-state index < -0.39 is 83.0 Å². The van der Waals surface area contributed by atoms with Gasteiger partial charge in [-0.3, -0.25) is 23.5 Å². The Kier molecular flexibility index (Phi) is 6.96. The van der Waals surface area contributed by atoms with Crippen molar-refractivity contribution >= 4 is 50.3 Å². The number of aromatic nitrogens is 8. The zero-order valence-electron chi connectivity index (χ0n) is 23.5. The molecule has 24 heteroatoms. The number of aromatic amines is 1. The van der Waals surface area contributed by atoms with Crippen LogP contribution < -0.4 is 17.0 Å². The van der Waals surface area contributed by atoms with Gasteiger partial charge in [0.05, 0.1) is 25.9 Å². The minimum absolute atomic E-state index is 0.0342. The predicted molar refractivity (Wildman–Crippen MR) is 150 cm³/mol. The summed E-state index contributed by atoms with van der Waals surface area (Å²) in [5.41, 5.74) is 9.34. The number of aliphatic hydroxyl groups excluding tert-OH is 1. The zero-order chi connectivity index (χ0) is 32.1. The first-order chi connectivity index (χ1) is 21.9. The fourth-order valence-corrected chi connectivity index (χ4v) is 7.86. The molecule has 8 heterocycles. The van der Waals surface area contributed by atoms with Gasteiger partial charge in [0.25, 0.3) is 11.1 Å². The number of nitrogens with zero attached hydrogens (tertiary/aromatic N) is 7. The number of nitrogens with one attached hydrogen (secondary N) is 1. The van der Waals surface area contributed by atoms with E-state index in [4.69, 9.17) is 44.0 Å². The van der Waals surface area contributed by atoms with Gasteiger partial charge >= 0.3 is 16.2 Å². The summed E-state index contributed by atoms with van der Waals surface area (Å²) in [4.78, 5) is 57.2. The van der Waals surface area contributed by atoms with Gasteiger partial charge < -0.3 is 58.9 Å². The summed E-state index contributed by atoms with van der Waals surface area (Å²) >= 11 is 0. The minimum Gasteiger partial charge on any atom is -0.386 e. The molecule has 0 aromatic carbocycles. The Bertz CT molecular complexity index is 1940. The van der Waals surface area contributed by atoms with E-state index in [1.807, 2.05) is 0 Å². The monoisotopic (exact) mass is 684 g/mol. The Balaban J connectivity index is 1.10. The maximum Gasteiger partial charge on any atom is 0.386 e. The average molecular weight is 684 g/mol. The van der Waals surface area contributed by atoms with E-state index >= 15 is 0 Å². The van der Waals surface area contributed by atoms with E-state index in [9.17, 15) is 24.3 Å². The third-order valence-corrected chi connectivity index (χ3v) is 10.7. The van der Waals surface area contributed by atoms with Crippen molar-refractivity contribution in [1.82, 2.24) is 39.0 Å². The molecule has 4 aliphatic heterocycles. The highest BCUT2D eigenvalue weighted by Crippen LogP contribution is 2.63. The maximum absolute atomic E-state index is 13.8. The number of H-pyrrole nitrogens is 1. The first kappa shape index (κ1) is 30.1. The van der Waals surface area contributed by atoms with Gasteiger partial charge in [0, 0.05) is 6.92 Å². The minimum atomic E-state index is -4.83. The number of nitrogen functional groups attached to an aromatic ring is 2. The fourth-order valence-electron chi connectivity index (χ4n) is 5.96. The van der Waals surface area contributed by atoms with Crippen molar-refractivity contribution in [1.29, 1.82) is 0 Å². The van der Waals surface area contributed by atoms with Crippen LogP contribution in [-0.2, 0) is 37.1 Å². The van der Waals surface area contributed by atoms with Gasteiger partial charge in [-0.05, 0) is 0 Å². The second kappa shape index (κ2) is 10.6. The number of ether oxygens (including phenoxy) is 4. The van der Waals surface area contributed by atoms with Crippen LogP contribution in [0.3, 0.4) is 0 Å². The third kappa shape index (κ3) is 4.57. The number of rotatable bonds is 2. The van der Waals surface area contributed by atoms with Crippen LogP contribution in [0.15, 0.2) is 23.8 Å². The molecule has 4 fully saturated rings. The number of nitrogens with two attached hydrogens (primary N) is 2. The van der Waals surface area contributed by atoms with Crippen molar-refractivity contribution in [2.24, 2.45) is 0 Å². The van der Waals surface area contributed by atoms with Gasteiger partial charge in [0.1, 0.15) is 48.5 Å². The summed E-state index contributed by atoms with van der Waals surface area (Å²) in [5.74, 6) is -0.0725. The molecular formula is C22H26N10O12P2. The number of hydrogen-bond donors (Lipinski definition) is 6. The molecule has 0 amide bonds. The van der Waals surface area contributed by atoms with Gasteiger partial charge in [-0.2, -0.15) is 4.98 Å². The molecule has 4 unspecified atom stereocenters. The second-order valence-corrected chi connectivity index (χ2v) is 14.0. The highest BCUT2D eigenvalue weighted by atomic mass is 31.2. The summed E-state index contributed by atoms with van der Waals surface area (Å²) in [5, 5.41) is 11.3. The fraction of sp³-hybridized carbons (Fsp3) is 0.545. The van der Waals surface area contributed by atoms with Gasteiger partial charge in [-0.15, -0.1) is 0 Å². The van der Waals surface area contributed by atoms with Crippen molar-refractivity contribution in [3.63, 3.8) is 0 Å². The van der Waals surface area contributed by atoms with E-state index in [2.05, 4.69) is 29.9 Å². The second-order valence-electron chi connectivity index (χ2n) is 11.0. The number of fused-ring (bicyclic) bond motifs is 4. The van der Waals surface area contributed by atoms with Gasteiger partial charge in [-0.25, -0.2) is 19.9 Å². The molecule has 4 saturated heterocycles. The Morgan fingerprint density at radius 1 is 1.00 bits per heavy atom. The molecule has 2 bridgehead atoms. The van der Waals surface area contributed by atoms with E-state index in [1.54, 1.807) is 0 Å². The molecule has 246 valence electrons. The largest absolute Gasteiger partial charge is 0.386 e. The Morgan fingerprint density at radius 3 is 2.50 bits per heavy atom. The van der Waals surface area contributed by atoms with Crippen molar-refractivity contribution in [2.45, 2.75) is 61.5 Å². The van der Waals surface area contributed by atoms with Crippen LogP contribution in [0, 0.1) is 0 Å². The number of aliphatic hydroxyl groups is 1. The van der Waals surface area contributed by atoms with Crippen LogP contribution >= 0.6 is 16.2 Å². The smallest absolute Gasteiger partial charge is 0.386 e. The highest BCUT2D eigenvalue weighted by molar-refractivity contribution is 7.54. The molecule has 11 atom stereocenters. The molecule has 46 heavy (non-hydrogen) atoms. The molecule has 0 aliphatic carbocycles. The van der Waals surface area contributed by atoms with E-state index in [0.29, 0.717) is 0 Å². The Labute approximate surface area is 257 Å². The van der Waals surface area contributed by atoms with E-state index in [-0.39, 0.29) is 40.7 Å². The van der Waals surface area contributed by atoms with Crippen molar-refractivity contribution < 1.29 is 52.0 Å². The molecule has 4 aromatic rings. The normalized spacial score (nSPS) is 39.7. The lowest BCUT2D eigenvalue weighted by Gasteiger charge is -2.31. The van der Waals surface area contributed by atoms with Gasteiger partial charge in [0.15, 0.2) is 35.1 Å². The van der Waals surface area contributed by atoms with Gasteiger partial charge in [0.2, 0.25) is 5.95 Å². The van der Waals surface area contributed by atoms with Gasteiger partial charge in [-0.1, -0.05) is 0 Å². The van der Waals surface area contributed by atoms with Crippen LogP contribution in [0.25, 0.3) is 22.3 Å². The molecule has 0 saturated carbocycles. The lowest BCUT2D eigenvalue weighted by molar-refractivity contribution is -0.174. The standard InChI is InChI=1S/C22H26N10O12P2/c1-22-42-13-7(41-20(14(13)43-22)32-6-28-10-17(32)29-21(24)30-18(10)34)2-38-45(35)44-12-8(3-39-46(22,36)37)40-19(11(12)33)31-5-27-9-15(23)25-4-26-16(9)31/h4-8,11-14,19-20,33,35H,2-3H2,1H3,(H,36,37)(H2,23,25,26)(H3,24,29,30,34)/t7?,8-,11-,12-,13-,14-,19-,20-,22?,45?/m1/s1. The van der Waals surface area contributed by atoms with Crippen LogP contribution in [0.1, 0.15) is 19.4 Å². The summed E-state index contributed by atoms with van der Waals surface area (Å²) < 4.78 is 57.6. The molecule has 0 spiro atoms. The summed E-state index contributed by atoms with van der Waals surface area (Å²) in [6.07, 6.45) is -5.58. The Morgan fingerprint density at radius 2 is 1.70 bits per heavy atom. The summed E-state index contributed by atoms with van der Waals surface area (Å²) in [6.45, 7) is 0.270. The van der Waals surface area contributed by atoms with Crippen LogP contribution in [0.5, 0.6) is 0 Å². The maximum atomic E-state index is 13.8. The molecule has 0 radical (unpaired) electrons. The number of anilines is 2. The van der Waals surface area contributed by atoms with E-state index in [0.717, 1.165) is 0 Å². The SMILES string of the molecule is CC12O[C@@H]3[C@H](O1)C(COP(O)O[C@H]1[C@@H](O)[C@H](n4cnc5c(N)ncnc54)O[C@@H]1COP2(=O)O)O[C@H]3n1cnc2c(=O)[nH]c(N)nc21. The molecule has 8 rings (SSSR count). The van der Waals surface area contributed by atoms with Crippen LogP contribution in [-0.4, -0.2) is 109 Å². The molecular weight excluding hydrogens is 658 g/mol. The first-order valence-corrected chi connectivity index (χ1v) is 16.4.